The molecule has 0 unspecified atom stereocenters. The van der Waals surface area contributed by atoms with Crippen molar-refractivity contribution in [3.8, 4) is 5.75 Å². The van der Waals surface area contributed by atoms with Gasteiger partial charge in [-0.05, 0) is 30.2 Å². The second kappa shape index (κ2) is 11.2. The number of rotatable bonds is 11. The second-order valence-electron chi connectivity index (χ2n) is 6.61. The molecule has 0 spiro atoms. The van der Waals surface area contributed by atoms with Crippen molar-refractivity contribution < 1.29 is 34.1 Å². The fraction of sp³-hybridized carbons (Fsp3) is 0.389. The van der Waals surface area contributed by atoms with E-state index in [1.807, 2.05) is 0 Å². The Balaban J connectivity index is 2.72. The normalized spacial score (nSPS) is 12.4. The number of hydrogen-bond acceptors (Lipinski definition) is 6. The van der Waals surface area contributed by atoms with Gasteiger partial charge >= 0.3 is 11.9 Å². The summed E-state index contributed by atoms with van der Waals surface area (Å²) in [7, 11) is 0. The minimum Gasteiger partial charge on any atom is -0.484 e. The molecule has 1 rings (SSSR count). The van der Waals surface area contributed by atoms with E-state index in [0.29, 0.717) is 11.4 Å². The number of nitrogens with one attached hydrogen (secondary N) is 2. The molecular formula is C18H25N5O7. The van der Waals surface area contributed by atoms with Gasteiger partial charge < -0.3 is 37.1 Å². The largest absolute Gasteiger partial charge is 0.484 e. The van der Waals surface area contributed by atoms with Crippen LogP contribution in [0.4, 0.5) is 5.69 Å². The Labute approximate surface area is 172 Å². The molecule has 0 aliphatic heterocycles. The van der Waals surface area contributed by atoms with Crippen LogP contribution in [-0.4, -0.2) is 58.6 Å². The molecule has 0 fully saturated rings. The van der Waals surface area contributed by atoms with E-state index in [-0.39, 0.29) is 5.96 Å². The van der Waals surface area contributed by atoms with E-state index >= 15 is 0 Å². The predicted octanol–water partition coefficient (Wildman–Crippen LogP) is -0.845. The summed E-state index contributed by atoms with van der Waals surface area (Å²) < 4.78 is 5.27. The molecule has 0 bridgehead atoms. The molecule has 8 N–H and O–H groups in total. The van der Waals surface area contributed by atoms with Crippen molar-refractivity contribution in [1.29, 1.82) is 0 Å². The number of ether oxygens (including phenoxy) is 1. The van der Waals surface area contributed by atoms with Crippen LogP contribution < -0.4 is 26.8 Å². The molecule has 0 saturated carbocycles. The topological polar surface area (TPSA) is 206 Å². The van der Waals surface area contributed by atoms with E-state index in [0.717, 1.165) is 0 Å². The van der Waals surface area contributed by atoms with Gasteiger partial charge in [-0.1, -0.05) is 13.8 Å². The first kappa shape index (κ1) is 24.2. The van der Waals surface area contributed by atoms with Crippen molar-refractivity contribution in [3.63, 3.8) is 0 Å². The minimum atomic E-state index is -1.47. The van der Waals surface area contributed by atoms with Crippen LogP contribution in [0.15, 0.2) is 29.3 Å². The van der Waals surface area contributed by atoms with Crippen molar-refractivity contribution >= 4 is 35.4 Å². The fourth-order valence-electron chi connectivity index (χ4n) is 2.30. The highest BCUT2D eigenvalue weighted by molar-refractivity contribution is 5.93. The maximum absolute atomic E-state index is 12.3. The number of carboxylic acids is 2. The standard InChI is InChI=1S/C18H25N5O7/c1-9(2)15(17(28)29)23-16(27)12(7-14(25)26)22-13(24)8-30-11-5-3-10(4-6-11)21-18(19)20/h3-6,9,12,15H,7-8H2,1-2H3,(H,22,24)(H,23,27)(H,25,26)(H,28,29)(H4,19,20,21)/t12-,15-/m0/s1. The highest BCUT2D eigenvalue weighted by atomic mass is 16.5. The molecule has 1 aromatic carbocycles. The van der Waals surface area contributed by atoms with Gasteiger partial charge in [0.05, 0.1) is 12.1 Å². The molecule has 2 amide bonds. The summed E-state index contributed by atoms with van der Waals surface area (Å²) in [4.78, 5) is 50.5. The number of nitrogens with zero attached hydrogens (tertiary/aromatic N) is 1. The molecule has 30 heavy (non-hydrogen) atoms. The van der Waals surface area contributed by atoms with Gasteiger partial charge in [-0.25, -0.2) is 9.79 Å². The molecule has 12 nitrogen and oxygen atoms in total. The third kappa shape index (κ3) is 8.46. The summed E-state index contributed by atoms with van der Waals surface area (Å²) in [5, 5.41) is 22.6. The number of hydrogen-bond donors (Lipinski definition) is 6. The first-order valence-corrected chi connectivity index (χ1v) is 8.86. The quantitative estimate of drug-likeness (QED) is 0.193. The van der Waals surface area contributed by atoms with Gasteiger partial charge in [-0.15, -0.1) is 0 Å². The number of carbonyl (C=O) groups is 4. The van der Waals surface area contributed by atoms with E-state index in [1.165, 1.54) is 12.1 Å². The number of nitrogens with two attached hydrogens (primary N) is 2. The van der Waals surface area contributed by atoms with E-state index in [2.05, 4.69) is 15.6 Å². The molecule has 2 atom stereocenters. The maximum atomic E-state index is 12.3. The Kier molecular flexibility index (Phi) is 9.07. The average molecular weight is 423 g/mol. The number of amides is 2. The number of guanidine groups is 1. The Hall–Kier alpha value is -3.83. The number of aliphatic carboxylic acids is 2. The number of benzene rings is 1. The van der Waals surface area contributed by atoms with Crippen LogP contribution in [0.1, 0.15) is 20.3 Å². The SMILES string of the molecule is CC(C)[C@H](NC(=O)[C@H](CC(=O)O)NC(=O)COc1ccc(N=C(N)N)cc1)C(=O)O. The lowest BCUT2D eigenvalue weighted by Crippen LogP contribution is -2.54. The summed E-state index contributed by atoms with van der Waals surface area (Å²) >= 11 is 0. The average Bonchev–Trinajstić information content (AvgIpc) is 2.63. The zero-order valence-electron chi connectivity index (χ0n) is 16.5. The summed E-state index contributed by atoms with van der Waals surface area (Å²) in [6.45, 7) is 2.66. The van der Waals surface area contributed by atoms with Crippen LogP contribution in [0, 0.1) is 5.92 Å². The van der Waals surface area contributed by atoms with Gasteiger partial charge in [0.15, 0.2) is 12.6 Å². The van der Waals surface area contributed by atoms with Crippen LogP contribution in [0.3, 0.4) is 0 Å². The van der Waals surface area contributed by atoms with Crippen molar-refractivity contribution in [1.82, 2.24) is 10.6 Å². The fourth-order valence-corrected chi connectivity index (χ4v) is 2.30. The minimum absolute atomic E-state index is 0.117. The molecule has 0 aliphatic rings. The van der Waals surface area contributed by atoms with Crippen LogP contribution in [0.2, 0.25) is 0 Å². The summed E-state index contributed by atoms with van der Waals surface area (Å²) in [5.74, 6) is -4.56. The Morgan fingerprint density at radius 1 is 1.07 bits per heavy atom. The van der Waals surface area contributed by atoms with E-state index in [9.17, 15) is 19.2 Å². The van der Waals surface area contributed by atoms with E-state index in [4.69, 9.17) is 26.4 Å². The lowest BCUT2D eigenvalue weighted by atomic mass is 10.0. The monoisotopic (exact) mass is 423 g/mol. The van der Waals surface area contributed by atoms with Crippen molar-refractivity contribution in [2.45, 2.75) is 32.4 Å². The number of carbonyl (C=O) groups excluding carboxylic acids is 2. The second-order valence-corrected chi connectivity index (χ2v) is 6.61. The smallest absolute Gasteiger partial charge is 0.326 e. The van der Waals surface area contributed by atoms with Gasteiger partial charge in [-0.2, -0.15) is 0 Å². The third-order valence-electron chi connectivity index (χ3n) is 3.73. The van der Waals surface area contributed by atoms with E-state index < -0.39 is 54.8 Å². The summed E-state index contributed by atoms with van der Waals surface area (Å²) in [6.07, 6.45) is -0.727. The zero-order valence-corrected chi connectivity index (χ0v) is 16.5. The molecule has 12 heteroatoms. The molecule has 1 aromatic rings. The molecule has 0 saturated heterocycles. The number of aliphatic imine (C=N–C) groups is 1. The highest BCUT2D eigenvalue weighted by Gasteiger charge is 2.29. The maximum Gasteiger partial charge on any atom is 0.326 e. The van der Waals surface area contributed by atoms with Crippen LogP contribution >= 0.6 is 0 Å². The molecular weight excluding hydrogens is 398 g/mol. The first-order valence-electron chi connectivity index (χ1n) is 8.86. The Morgan fingerprint density at radius 3 is 2.13 bits per heavy atom. The van der Waals surface area contributed by atoms with Gasteiger partial charge in [0.1, 0.15) is 17.8 Å². The number of carboxylic acid groups (broad SMARTS) is 2. The van der Waals surface area contributed by atoms with Crippen molar-refractivity contribution in [2.75, 3.05) is 6.61 Å². The van der Waals surface area contributed by atoms with Gasteiger partial charge in [0.25, 0.3) is 5.91 Å². The molecule has 0 aromatic heterocycles. The first-order chi connectivity index (χ1) is 14.0. The summed E-state index contributed by atoms with van der Waals surface area (Å²) in [6, 6.07) is 3.42. The van der Waals surface area contributed by atoms with Gasteiger partial charge in [0, 0.05) is 0 Å². The van der Waals surface area contributed by atoms with Gasteiger partial charge in [0.2, 0.25) is 5.91 Å². The zero-order chi connectivity index (χ0) is 22.8. The predicted molar refractivity (Wildman–Crippen MR) is 106 cm³/mol. The van der Waals surface area contributed by atoms with Crippen molar-refractivity contribution in [3.05, 3.63) is 24.3 Å². The molecule has 164 valence electrons. The molecule has 0 radical (unpaired) electrons. The Bertz CT molecular complexity index is 804. The Morgan fingerprint density at radius 2 is 1.67 bits per heavy atom. The lowest BCUT2D eigenvalue weighted by Gasteiger charge is -2.22. The van der Waals surface area contributed by atoms with E-state index in [1.54, 1.807) is 26.0 Å². The molecule has 0 heterocycles. The third-order valence-corrected chi connectivity index (χ3v) is 3.73. The van der Waals surface area contributed by atoms with Crippen LogP contribution in [0.5, 0.6) is 5.75 Å². The van der Waals surface area contributed by atoms with Crippen LogP contribution in [0.25, 0.3) is 0 Å². The molecule has 0 aliphatic carbocycles. The highest BCUT2D eigenvalue weighted by Crippen LogP contribution is 2.17. The van der Waals surface area contributed by atoms with Gasteiger partial charge in [-0.3, -0.25) is 14.4 Å². The summed E-state index contributed by atoms with van der Waals surface area (Å²) in [5.41, 5.74) is 11.0. The lowest BCUT2D eigenvalue weighted by molar-refractivity contribution is -0.144. The van der Waals surface area contributed by atoms with Crippen molar-refractivity contribution in [2.24, 2.45) is 22.4 Å². The van der Waals surface area contributed by atoms with Crippen LogP contribution in [-0.2, 0) is 19.2 Å².